The number of carbonyl (C=O) groups excluding carboxylic acids is 1. The Balaban J connectivity index is 0.00000364. The summed E-state index contributed by atoms with van der Waals surface area (Å²) in [5.74, 6) is -0.257. The molecule has 1 saturated carbocycles. The molecule has 0 heterocycles. The van der Waals surface area contributed by atoms with Gasteiger partial charge >= 0.3 is 0 Å². The van der Waals surface area contributed by atoms with Crippen molar-refractivity contribution in [2.45, 2.75) is 62.9 Å². The van der Waals surface area contributed by atoms with E-state index in [1.165, 1.54) is 16.8 Å². The van der Waals surface area contributed by atoms with Gasteiger partial charge < -0.3 is 10.6 Å². The Bertz CT molecular complexity index is 706. The molecule has 27 heavy (non-hydrogen) atoms. The van der Waals surface area contributed by atoms with Crippen LogP contribution in [0.2, 0.25) is 0 Å². The van der Waals surface area contributed by atoms with E-state index in [4.69, 9.17) is 0 Å². The minimum atomic E-state index is -3.59. The molecule has 0 unspecified atom stereocenters. The molecule has 0 saturated heterocycles. The number of nitrogens with one attached hydrogen (secondary N) is 2. The zero-order chi connectivity index (χ0) is 19.2. The Kier molecular flexibility index (Phi) is 9.73. The number of carbonyl (C=O) groups is 1. The van der Waals surface area contributed by atoms with Crippen molar-refractivity contribution in [3.63, 3.8) is 0 Å². The maximum absolute atomic E-state index is 12.9. The number of benzene rings is 1. The van der Waals surface area contributed by atoms with Crippen LogP contribution in [-0.4, -0.2) is 50.9 Å². The van der Waals surface area contributed by atoms with E-state index in [0.29, 0.717) is 12.1 Å². The van der Waals surface area contributed by atoms with Crippen LogP contribution >= 0.6 is 12.4 Å². The summed E-state index contributed by atoms with van der Waals surface area (Å²) in [5.41, 5.74) is 0.367. The van der Waals surface area contributed by atoms with Crippen molar-refractivity contribution in [3.05, 3.63) is 29.8 Å². The van der Waals surface area contributed by atoms with Gasteiger partial charge in [0.15, 0.2) is 0 Å². The molecule has 1 fully saturated rings. The minimum Gasteiger partial charge on any atom is -0.350 e. The Morgan fingerprint density at radius 2 is 1.93 bits per heavy atom. The lowest BCUT2D eigenvalue weighted by atomic mass is 9.96. The van der Waals surface area contributed by atoms with Crippen LogP contribution in [0.4, 0.5) is 0 Å². The third-order valence-corrected chi connectivity index (χ3v) is 6.89. The van der Waals surface area contributed by atoms with Crippen LogP contribution in [0.1, 0.15) is 56.3 Å². The lowest BCUT2D eigenvalue weighted by Gasteiger charge is -2.30. The highest BCUT2D eigenvalue weighted by Crippen LogP contribution is 2.26. The third kappa shape index (κ3) is 6.45. The van der Waals surface area contributed by atoms with E-state index in [1.807, 2.05) is 13.8 Å². The summed E-state index contributed by atoms with van der Waals surface area (Å²) < 4.78 is 27.4. The highest BCUT2D eigenvalue weighted by molar-refractivity contribution is 7.89. The summed E-state index contributed by atoms with van der Waals surface area (Å²) in [6, 6.07) is 6.52. The molecule has 1 atom stereocenters. The molecule has 0 bridgehead atoms. The second kappa shape index (κ2) is 11.0. The molecular weight excluding hydrogens is 386 g/mol. The van der Waals surface area contributed by atoms with E-state index in [2.05, 4.69) is 10.6 Å². The predicted octanol–water partition coefficient (Wildman–Crippen LogP) is 2.79. The standard InChI is InChI=1S/C19H31N3O3S.ClH/c1-4-20-15(2)14-21-19(23)16-9-8-12-18(13-16)26(24,25)22(3)17-10-6-5-7-11-17;/h8-9,12-13,15,17,20H,4-7,10-11,14H2,1-3H3,(H,21,23);1H/t15-;/m1./s1. The second-order valence-corrected chi connectivity index (χ2v) is 9.01. The molecule has 1 aliphatic carbocycles. The molecule has 1 aromatic carbocycles. The summed E-state index contributed by atoms with van der Waals surface area (Å²) in [6.07, 6.45) is 5.11. The summed E-state index contributed by atoms with van der Waals surface area (Å²) in [7, 11) is -1.94. The maximum atomic E-state index is 12.9. The molecule has 0 aliphatic heterocycles. The van der Waals surface area contributed by atoms with Crippen molar-refractivity contribution < 1.29 is 13.2 Å². The monoisotopic (exact) mass is 417 g/mol. The van der Waals surface area contributed by atoms with Crippen LogP contribution in [0.3, 0.4) is 0 Å². The molecule has 1 aliphatic rings. The van der Waals surface area contributed by atoms with Crippen molar-refractivity contribution in [1.82, 2.24) is 14.9 Å². The van der Waals surface area contributed by atoms with Crippen molar-refractivity contribution in [1.29, 1.82) is 0 Å². The van der Waals surface area contributed by atoms with Gasteiger partial charge in [0.25, 0.3) is 5.91 Å². The summed E-state index contributed by atoms with van der Waals surface area (Å²) in [6.45, 7) is 5.32. The number of hydrogen-bond donors (Lipinski definition) is 2. The van der Waals surface area contributed by atoms with E-state index < -0.39 is 10.0 Å². The van der Waals surface area contributed by atoms with E-state index in [0.717, 1.165) is 32.2 Å². The van der Waals surface area contributed by atoms with Gasteiger partial charge in [-0.05, 0) is 44.5 Å². The van der Waals surface area contributed by atoms with Crippen molar-refractivity contribution >= 4 is 28.3 Å². The lowest BCUT2D eigenvalue weighted by Crippen LogP contribution is -2.39. The van der Waals surface area contributed by atoms with Gasteiger partial charge in [0, 0.05) is 31.2 Å². The molecule has 1 aromatic rings. The average Bonchev–Trinajstić information content (AvgIpc) is 2.66. The Labute approximate surface area is 169 Å². The molecule has 0 aromatic heterocycles. The predicted molar refractivity (Wildman–Crippen MR) is 111 cm³/mol. The van der Waals surface area contributed by atoms with E-state index >= 15 is 0 Å². The van der Waals surface area contributed by atoms with E-state index in [-0.39, 0.29) is 35.3 Å². The first kappa shape index (κ1) is 23.9. The smallest absolute Gasteiger partial charge is 0.251 e. The van der Waals surface area contributed by atoms with Gasteiger partial charge in [-0.25, -0.2) is 8.42 Å². The number of rotatable bonds is 8. The van der Waals surface area contributed by atoms with Crippen LogP contribution in [-0.2, 0) is 10.0 Å². The summed E-state index contributed by atoms with van der Waals surface area (Å²) >= 11 is 0. The first-order valence-electron chi connectivity index (χ1n) is 9.46. The zero-order valence-corrected chi connectivity index (χ0v) is 18.0. The number of nitrogens with zero attached hydrogens (tertiary/aromatic N) is 1. The molecule has 1 amide bonds. The molecule has 2 N–H and O–H groups in total. The molecule has 8 heteroatoms. The highest BCUT2D eigenvalue weighted by atomic mass is 35.5. The second-order valence-electron chi connectivity index (χ2n) is 7.01. The van der Waals surface area contributed by atoms with E-state index in [1.54, 1.807) is 25.2 Å². The van der Waals surface area contributed by atoms with Gasteiger partial charge in [0.1, 0.15) is 0 Å². The normalized spacial score (nSPS) is 16.6. The number of sulfonamides is 1. The summed E-state index contributed by atoms with van der Waals surface area (Å²) in [5, 5.41) is 6.07. The summed E-state index contributed by atoms with van der Waals surface area (Å²) in [4.78, 5) is 12.5. The number of hydrogen-bond acceptors (Lipinski definition) is 4. The SMILES string of the molecule is CCN[C@H](C)CNC(=O)c1cccc(S(=O)(=O)N(C)C2CCCCC2)c1.Cl. The van der Waals surface area contributed by atoms with Crippen LogP contribution in [0.5, 0.6) is 0 Å². The fourth-order valence-electron chi connectivity index (χ4n) is 3.37. The highest BCUT2D eigenvalue weighted by Gasteiger charge is 2.29. The van der Waals surface area contributed by atoms with Crippen molar-refractivity contribution in [2.75, 3.05) is 20.1 Å². The molecule has 6 nitrogen and oxygen atoms in total. The zero-order valence-electron chi connectivity index (χ0n) is 16.4. The fourth-order valence-corrected chi connectivity index (χ4v) is 4.84. The van der Waals surface area contributed by atoms with Gasteiger partial charge in [-0.15, -0.1) is 12.4 Å². The molecular formula is C19H32ClN3O3S. The van der Waals surface area contributed by atoms with Crippen LogP contribution < -0.4 is 10.6 Å². The first-order valence-corrected chi connectivity index (χ1v) is 10.9. The van der Waals surface area contributed by atoms with Crippen LogP contribution in [0.25, 0.3) is 0 Å². The molecule has 154 valence electrons. The molecule has 2 rings (SSSR count). The quantitative estimate of drug-likeness (QED) is 0.681. The molecule has 0 spiro atoms. The number of likely N-dealkylation sites (N-methyl/N-ethyl adjacent to an activating group) is 1. The third-order valence-electron chi connectivity index (χ3n) is 4.98. The van der Waals surface area contributed by atoms with Crippen molar-refractivity contribution in [3.8, 4) is 0 Å². The Hall–Kier alpha value is -1.15. The van der Waals surface area contributed by atoms with Gasteiger partial charge in [0.2, 0.25) is 10.0 Å². The topological polar surface area (TPSA) is 78.5 Å². The van der Waals surface area contributed by atoms with Crippen LogP contribution in [0.15, 0.2) is 29.2 Å². The minimum absolute atomic E-state index is 0. The largest absolute Gasteiger partial charge is 0.350 e. The molecule has 0 radical (unpaired) electrons. The Morgan fingerprint density at radius 3 is 2.56 bits per heavy atom. The lowest BCUT2D eigenvalue weighted by molar-refractivity contribution is 0.0950. The van der Waals surface area contributed by atoms with Gasteiger partial charge in [-0.2, -0.15) is 4.31 Å². The van der Waals surface area contributed by atoms with Gasteiger partial charge in [0.05, 0.1) is 4.90 Å². The maximum Gasteiger partial charge on any atom is 0.251 e. The van der Waals surface area contributed by atoms with Crippen LogP contribution in [0, 0.1) is 0 Å². The Morgan fingerprint density at radius 1 is 1.26 bits per heavy atom. The average molecular weight is 418 g/mol. The fraction of sp³-hybridized carbons (Fsp3) is 0.632. The number of amides is 1. The van der Waals surface area contributed by atoms with Gasteiger partial charge in [-0.1, -0.05) is 32.3 Å². The van der Waals surface area contributed by atoms with Gasteiger partial charge in [-0.3, -0.25) is 4.79 Å². The first-order chi connectivity index (χ1) is 12.4. The van der Waals surface area contributed by atoms with E-state index in [9.17, 15) is 13.2 Å². The number of halogens is 1. The van der Waals surface area contributed by atoms with Crippen molar-refractivity contribution in [2.24, 2.45) is 0 Å².